The second-order valence-electron chi connectivity index (χ2n) is 10.9. The van der Waals surface area contributed by atoms with Gasteiger partial charge in [0.1, 0.15) is 11.6 Å². The van der Waals surface area contributed by atoms with Crippen LogP contribution in [0.4, 0.5) is 0 Å². The topological polar surface area (TPSA) is 111 Å². The largest absolute Gasteiger partial charge is 0.599 e. The fraction of sp³-hybridized carbons (Fsp3) is 0.132. The third kappa shape index (κ3) is 5.93. The molecular weight excluding hydrogens is 564 g/mol. The van der Waals surface area contributed by atoms with Gasteiger partial charge in [0.25, 0.3) is 0 Å². The van der Waals surface area contributed by atoms with Crippen LogP contribution in [0, 0.1) is 0 Å². The third-order valence-electron chi connectivity index (χ3n) is 8.21. The molecule has 0 saturated heterocycles. The van der Waals surface area contributed by atoms with Crippen LogP contribution < -0.4 is 10.4 Å². The molecule has 0 heterocycles. The first kappa shape index (κ1) is 29.4. The van der Waals surface area contributed by atoms with Gasteiger partial charge in [0, 0.05) is 12.5 Å². The quantitative estimate of drug-likeness (QED) is 0.126. The van der Waals surface area contributed by atoms with Gasteiger partial charge in [-0.05, 0) is 38.9 Å². The van der Waals surface area contributed by atoms with E-state index in [2.05, 4.69) is 10.3 Å². The molecule has 7 nitrogen and oxygen atoms in total. The molecule has 0 saturated carbocycles. The lowest BCUT2D eigenvalue weighted by Gasteiger charge is -2.37. The Morgan fingerprint density at radius 2 is 1.13 bits per heavy atom. The highest BCUT2D eigenvalue weighted by atomic mass is 16.6. The molecule has 0 radical (unpaired) electrons. The minimum Gasteiger partial charge on any atom is -0.599 e. The number of nitrogens with zero attached hydrogens (tertiary/aromatic N) is 1. The van der Waals surface area contributed by atoms with Gasteiger partial charge >= 0.3 is 5.97 Å². The average molecular weight is 596 g/mol. The fourth-order valence-corrected chi connectivity index (χ4v) is 6.16. The van der Waals surface area contributed by atoms with E-state index in [1.54, 1.807) is 0 Å². The molecule has 0 spiro atoms. The Bertz CT molecular complexity index is 1680. The average Bonchev–Trinajstić information content (AvgIpc) is 3.40. The van der Waals surface area contributed by atoms with E-state index in [1.807, 2.05) is 140 Å². The lowest BCUT2D eigenvalue weighted by atomic mass is 9.77. The molecule has 5 aromatic carbocycles. The summed E-state index contributed by atoms with van der Waals surface area (Å²) in [5, 5.41) is 26.0. The summed E-state index contributed by atoms with van der Waals surface area (Å²) in [6.07, 6.45) is -1.59. The summed E-state index contributed by atoms with van der Waals surface area (Å²) in [5.41, 5.74) is 5.44. The lowest BCUT2D eigenvalue weighted by molar-refractivity contribution is -0.251. The number of nitrogens with one attached hydrogen (secondary N) is 1. The van der Waals surface area contributed by atoms with Crippen molar-refractivity contribution in [3.05, 3.63) is 167 Å². The van der Waals surface area contributed by atoms with Gasteiger partial charge in [0.2, 0.25) is 5.91 Å². The van der Waals surface area contributed by atoms with Crippen LogP contribution >= 0.6 is 0 Å². The van der Waals surface area contributed by atoms with Crippen molar-refractivity contribution in [3.63, 3.8) is 0 Å². The van der Waals surface area contributed by atoms with E-state index in [0.29, 0.717) is 0 Å². The number of hydrogen-bond donors (Lipinski definition) is 2. The molecule has 7 heteroatoms. The molecular formula is C38H31N2O5-. The molecule has 224 valence electrons. The molecule has 0 aliphatic heterocycles. The van der Waals surface area contributed by atoms with Crippen LogP contribution in [-0.2, 0) is 19.9 Å². The van der Waals surface area contributed by atoms with Crippen LogP contribution in [0.1, 0.15) is 40.2 Å². The van der Waals surface area contributed by atoms with Crippen LogP contribution in [0.5, 0.6) is 0 Å². The number of fused-ring (bicyclic) bond motifs is 3. The summed E-state index contributed by atoms with van der Waals surface area (Å²) in [7, 11) is 0. The molecule has 1 aliphatic rings. The van der Waals surface area contributed by atoms with Crippen molar-refractivity contribution < 1.29 is 24.5 Å². The highest BCUT2D eigenvalue weighted by molar-refractivity contribution is 5.87. The Morgan fingerprint density at radius 1 is 0.711 bits per heavy atom. The standard InChI is InChI=1S/C38H32N2O5/c41-35(40-38(26-14-4-1-5-15-26,27-16-6-2-7-17-27)28-18-8-3-9-19-28)24-34(36(42)43)39-37(44)45-25-33-31-22-12-10-20-29(31)30-21-11-13-23-32(30)33/h1-23,33-34H,24-25H2,(H,39,44)(H,40,41)(H,42,43)/p-1/t34-/m1/s1. The summed E-state index contributed by atoms with van der Waals surface area (Å²) in [4.78, 5) is 29.8. The molecule has 1 aliphatic carbocycles. The van der Waals surface area contributed by atoms with Crippen LogP contribution in [0.25, 0.3) is 11.1 Å². The number of carbonyl (C=O) groups is 2. The molecule has 45 heavy (non-hydrogen) atoms. The summed E-state index contributed by atoms with van der Waals surface area (Å²) in [6.45, 7) is -0.00592. The zero-order valence-electron chi connectivity index (χ0n) is 24.4. The first-order chi connectivity index (χ1) is 22.0. The van der Waals surface area contributed by atoms with Crippen LogP contribution in [-0.4, -0.2) is 35.7 Å². The minimum atomic E-state index is -1.64. The van der Waals surface area contributed by atoms with Crippen molar-refractivity contribution in [2.24, 2.45) is 4.99 Å². The van der Waals surface area contributed by atoms with Gasteiger partial charge in [0.05, 0.1) is 6.42 Å². The third-order valence-corrected chi connectivity index (χ3v) is 8.21. The second kappa shape index (κ2) is 12.9. The second-order valence-corrected chi connectivity index (χ2v) is 10.9. The molecule has 5 aromatic rings. The summed E-state index contributed by atoms with van der Waals surface area (Å²) in [5.74, 6) is -2.19. The van der Waals surface area contributed by atoms with Crippen molar-refractivity contribution in [1.29, 1.82) is 0 Å². The SMILES string of the molecule is O=C(C[C@@H](N=C([O-])OCC1c2ccccc2-c2ccccc21)C(=O)O)NC(c1ccccc1)(c1ccccc1)c1ccccc1. The predicted octanol–water partition coefficient (Wildman–Crippen LogP) is 5.48. The maximum absolute atomic E-state index is 13.7. The van der Waals surface area contributed by atoms with Crippen molar-refractivity contribution in [2.45, 2.75) is 23.9 Å². The molecule has 0 unspecified atom stereocenters. The highest BCUT2D eigenvalue weighted by Crippen LogP contribution is 2.44. The number of amides is 1. The zero-order valence-corrected chi connectivity index (χ0v) is 24.4. The lowest BCUT2D eigenvalue weighted by Crippen LogP contribution is -2.49. The summed E-state index contributed by atoms with van der Waals surface area (Å²) >= 11 is 0. The van der Waals surface area contributed by atoms with E-state index in [1.165, 1.54) is 0 Å². The predicted molar refractivity (Wildman–Crippen MR) is 170 cm³/mol. The number of aliphatic carboxylic acids is 1. The molecule has 1 atom stereocenters. The molecule has 0 fully saturated rings. The number of carbonyl (C=O) groups excluding carboxylic acids is 1. The fourth-order valence-electron chi connectivity index (χ4n) is 6.16. The molecule has 6 rings (SSSR count). The van der Waals surface area contributed by atoms with Crippen molar-refractivity contribution in [2.75, 3.05) is 6.61 Å². The number of hydrogen-bond acceptors (Lipinski definition) is 5. The van der Waals surface area contributed by atoms with E-state index < -0.39 is 36.0 Å². The van der Waals surface area contributed by atoms with Gasteiger partial charge < -0.3 is 20.3 Å². The maximum atomic E-state index is 13.7. The van der Waals surface area contributed by atoms with Gasteiger partial charge in [-0.2, -0.15) is 0 Å². The van der Waals surface area contributed by atoms with Gasteiger partial charge in [-0.25, -0.2) is 4.79 Å². The van der Waals surface area contributed by atoms with E-state index in [9.17, 15) is 19.8 Å². The molecule has 1 amide bonds. The van der Waals surface area contributed by atoms with E-state index in [4.69, 9.17) is 4.74 Å². The highest BCUT2D eigenvalue weighted by Gasteiger charge is 2.38. The van der Waals surface area contributed by atoms with Crippen LogP contribution in [0.15, 0.2) is 145 Å². The zero-order chi connectivity index (χ0) is 31.2. The maximum Gasteiger partial charge on any atom is 0.329 e. The Balaban J connectivity index is 1.25. The van der Waals surface area contributed by atoms with Gasteiger partial charge in [-0.1, -0.05) is 140 Å². The number of benzene rings is 5. The first-order valence-corrected chi connectivity index (χ1v) is 14.7. The molecule has 0 aromatic heterocycles. The van der Waals surface area contributed by atoms with E-state index >= 15 is 0 Å². The van der Waals surface area contributed by atoms with Crippen LogP contribution in [0.2, 0.25) is 0 Å². The first-order valence-electron chi connectivity index (χ1n) is 14.7. The normalized spacial score (nSPS) is 13.4. The number of carboxylic acid groups (broad SMARTS) is 1. The Hall–Kier alpha value is -5.69. The number of ether oxygens (including phenoxy) is 1. The van der Waals surface area contributed by atoms with Gasteiger partial charge in [0.15, 0.2) is 6.04 Å². The van der Waals surface area contributed by atoms with Crippen molar-refractivity contribution in [3.8, 4) is 11.1 Å². The van der Waals surface area contributed by atoms with Crippen molar-refractivity contribution >= 4 is 18.0 Å². The molecule has 0 bridgehead atoms. The number of carboxylic acids is 1. The van der Waals surface area contributed by atoms with E-state index in [0.717, 1.165) is 38.9 Å². The Morgan fingerprint density at radius 3 is 1.58 bits per heavy atom. The smallest absolute Gasteiger partial charge is 0.329 e. The number of aliphatic imine (C=N–C) groups is 1. The number of rotatable bonds is 10. The van der Waals surface area contributed by atoms with Crippen LogP contribution in [0.3, 0.4) is 0 Å². The minimum absolute atomic E-state index is 0.00592. The van der Waals surface area contributed by atoms with Gasteiger partial charge in [-0.3, -0.25) is 9.79 Å². The molecule has 2 N–H and O–H groups in total. The van der Waals surface area contributed by atoms with Crippen molar-refractivity contribution in [1.82, 2.24) is 5.32 Å². The van der Waals surface area contributed by atoms with Gasteiger partial charge in [-0.15, -0.1) is 0 Å². The summed E-state index contributed by atoms with van der Waals surface area (Å²) < 4.78 is 5.51. The Labute approximate surface area is 261 Å². The summed E-state index contributed by atoms with van der Waals surface area (Å²) in [6, 6.07) is 42.6. The monoisotopic (exact) mass is 595 g/mol. The van der Waals surface area contributed by atoms with E-state index in [-0.39, 0.29) is 12.5 Å². The Kier molecular flexibility index (Phi) is 8.42.